The minimum atomic E-state index is 0.0335. The second kappa shape index (κ2) is 4.72. The normalized spacial score (nSPS) is 26.2. The summed E-state index contributed by atoms with van der Waals surface area (Å²) in [7, 11) is 2.16. The average molecular weight is 225 g/mol. The van der Waals surface area contributed by atoms with Crippen LogP contribution < -0.4 is 5.32 Å². The van der Waals surface area contributed by atoms with Gasteiger partial charge in [0.1, 0.15) is 0 Å². The molecule has 4 heteroatoms. The quantitative estimate of drug-likeness (QED) is 0.740. The molecule has 92 valence electrons. The first-order valence-corrected chi connectivity index (χ1v) is 6.32. The van der Waals surface area contributed by atoms with Crippen molar-refractivity contribution in [3.63, 3.8) is 0 Å². The van der Waals surface area contributed by atoms with Gasteiger partial charge in [-0.3, -0.25) is 10.1 Å². The Labute approximate surface area is 98.0 Å². The molecule has 1 aliphatic heterocycles. The molecule has 1 saturated heterocycles. The number of nitrogens with zero attached hydrogens (tertiary/aromatic N) is 2. The van der Waals surface area contributed by atoms with E-state index >= 15 is 0 Å². The van der Waals surface area contributed by atoms with E-state index in [2.05, 4.69) is 31.1 Å². The molecule has 1 heterocycles. The maximum absolute atomic E-state index is 12.0. The van der Waals surface area contributed by atoms with Gasteiger partial charge in [0.2, 0.25) is 5.91 Å². The summed E-state index contributed by atoms with van der Waals surface area (Å²) in [5.41, 5.74) is 0. The van der Waals surface area contributed by atoms with E-state index in [4.69, 9.17) is 0 Å². The molecule has 1 atom stereocenters. The summed E-state index contributed by atoms with van der Waals surface area (Å²) < 4.78 is 0. The Morgan fingerprint density at radius 2 is 2.19 bits per heavy atom. The number of carbonyl (C=O) groups is 1. The van der Waals surface area contributed by atoms with Crippen LogP contribution in [0.4, 0.5) is 0 Å². The molecule has 0 aromatic heterocycles. The number of likely N-dealkylation sites (N-methyl/N-ethyl adjacent to an activating group) is 1. The summed E-state index contributed by atoms with van der Waals surface area (Å²) in [6, 6.07) is 0.817. The van der Waals surface area contributed by atoms with Gasteiger partial charge in [-0.15, -0.1) is 0 Å². The molecule has 2 rings (SSSR count). The maximum atomic E-state index is 12.0. The fourth-order valence-electron chi connectivity index (χ4n) is 2.26. The van der Waals surface area contributed by atoms with Crippen molar-refractivity contribution in [1.82, 2.24) is 15.1 Å². The van der Waals surface area contributed by atoms with E-state index in [1.165, 1.54) is 12.8 Å². The van der Waals surface area contributed by atoms with Crippen molar-refractivity contribution in [2.45, 2.75) is 38.8 Å². The smallest absolute Gasteiger partial charge is 0.241 e. The third-order valence-corrected chi connectivity index (χ3v) is 3.64. The lowest BCUT2D eigenvalue weighted by molar-refractivity contribution is -0.129. The molecule has 1 amide bonds. The van der Waals surface area contributed by atoms with Crippen LogP contribution in [0.1, 0.15) is 26.7 Å². The van der Waals surface area contributed by atoms with Crippen LogP contribution in [0.5, 0.6) is 0 Å². The van der Waals surface area contributed by atoms with Crippen molar-refractivity contribution in [2.24, 2.45) is 5.92 Å². The van der Waals surface area contributed by atoms with Crippen LogP contribution in [0.25, 0.3) is 0 Å². The molecule has 0 bridgehead atoms. The monoisotopic (exact) mass is 225 g/mol. The Balaban J connectivity index is 1.76. The first kappa shape index (κ1) is 11.9. The highest BCUT2D eigenvalue weighted by Crippen LogP contribution is 2.25. The first-order valence-electron chi connectivity index (χ1n) is 6.32. The minimum Gasteiger partial charge on any atom is -0.327 e. The Hall–Kier alpha value is -0.610. The molecule has 2 aliphatic rings. The lowest BCUT2D eigenvalue weighted by Gasteiger charge is -2.21. The first-order chi connectivity index (χ1) is 7.59. The molecule has 0 aromatic carbocycles. The van der Waals surface area contributed by atoms with Crippen molar-refractivity contribution in [3.05, 3.63) is 0 Å². The second-order valence-corrected chi connectivity index (χ2v) is 5.40. The Bertz CT molecular complexity index is 263. The van der Waals surface area contributed by atoms with Crippen LogP contribution >= 0.6 is 0 Å². The van der Waals surface area contributed by atoms with Crippen LogP contribution in [-0.4, -0.2) is 54.6 Å². The van der Waals surface area contributed by atoms with Crippen molar-refractivity contribution in [3.8, 4) is 0 Å². The lowest BCUT2D eigenvalue weighted by Crippen LogP contribution is -2.38. The van der Waals surface area contributed by atoms with E-state index in [-0.39, 0.29) is 11.9 Å². The number of rotatable bonds is 5. The molecule has 4 nitrogen and oxygen atoms in total. The van der Waals surface area contributed by atoms with E-state index in [1.54, 1.807) is 0 Å². The average Bonchev–Trinajstić information content (AvgIpc) is 3.00. The molecule has 16 heavy (non-hydrogen) atoms. The molecule has 1 aliphatic carbocycles. The van der Waals surface area contributed by atoms with E-state index < -0.39 is 0 Å². The van der Waals surface area contributed by atoms with Crippen LogP contribution in [0.15, 0.2) is 0 Å². The molecule has 0 radical (unpaired) electrons. The Morgan fingerprint density at radius 1 is 1.50 bits per heavy atom. The van der Waals surface area contributed by atoms with Gasteiger partial charge in [0.05, 0.1) is 12.7 Å². The number of nitrogens with one attached hydrogen (secondary N) is 1. The summed E-state index contributed by atoms with van der Waals surface area (Å²) in [4.78, 5) is 16.3. The zero-order valence-corrected chi connectivity index (χ0v) is 10.6. The fourth-order valence-corrected chi connectivity index (χ4v) is 2.26. The van der Waals surface area contributed by atoms with E-state index in [0.29, 0.717) is 5.92 Å². The summed E-state index contributed by atoms with van der Waals surface area (Å²) in [6.45, 7) is 6.77. The molecular formula is C12H23N3O. The van der Waals surface area contributed by atoms with Crippen LogP contribution in [0.2, 0.25) is 0 Å². The van der Waals surface area contributed by atoms with Crippen LogP contribution in [0, 0.1) is 5.92 Å². The van der Waals surface area contributed by atoms with Gasteiger partial charge in [0, 0.05) is 19.1 Å². The zero-order valence-electron chi connectivity index (χ0n) is 10.6. The van der Waals surface area contributed by atoms with Crippen molar-refractivity contribution in [1.29, 1.82) is 0 Å². The SMILES string of the molecule is CC(C)C1NCN(CCN(C)C2CC2)C1=O. The van der Waals surface area contributed by atoms with Crippen molar-refractivity contribution < 1.29 is 4.79 Å². The number of carbonyl (C=O) groups excluding carboxylic acids is 1. The maximum Gasteiger partial charge on any atom is 0.241 e. The largest absolute Gasteiger partial charge is 0.327 e. The fraction of sp³-hybridized carbons (Fsp3) is 0.917. The topological polar surface area (TPSA) is 35.6 Å². The van der Waals surface area contributed by atoms with E-state index in [9.17, 15) is 4.79 Å². The van der Waals surface area contributed by atoms with Gasteiger partial charge < -0.3 is 9.80 Å². The molecule has 2 fully saturated rings. The standard InChI is InChI=1S/C12H23N3O/c1-9(2)11-12(16)15(8-13-11)7-6-14(3)10-4-5-10/h9-11,13H,4-8H2,1-3H3. The lowest BCUT2D eigenvalue weighted by atomic mass is 10.1. The minimum absolute atomic E-state index is 0.0335. The predicted molar refractivity (Wildman–Crippen MR) is 64.0 cm³/mol. The van der Waals surface area contributed by atoms with Gasteiger partial charge in [0.15, 0.2) is 0 Å². The molecule has 1 unspecified atom stereocenters. The summed E-state index contributed by atoms with van der Waals surface area (Å²) in [6.07, 6.45) is 2.66. The van der Waals surface area contributed by atoms with Crippen LogP contribution in [0.3, 0.4) is 0 Å². The molecule has 1 N–H and O–H groups in total. The van der Waals surface area contributed by atoms with Gasteiger partial charge >= 0.3 is 0 Å². The third-order valence-electron chi connectivity index (χ3n) is 3.64. The van der Waals surface area contributed by atoms with Crippen LogP contribution in [-0.2, 0) is 4.79 Å². The van der Waals surface area contributed by atoms with Crippen molar-refractivity contribution in [2.75, 3.05) is 26.8 Å². The number of hydrogen-bond donors (Lipinski definition) is 1. The third kappa shape index (κ3) is 2.55. The highest BCUT2D eigenvalue weighted by molar-refractivity contribution is 5.84. The highest BCUT2D eigenvalue weighted by atomic mass is 16.2. The number of amides is 1. The van der Waals surface area contributed by atoms with Gasteiger partial charge in [-0.05, 0) is 25.8 Å². The van der Waals surface area contributed by atoms with Crippen molar-refractivity contribution >= 4 is 5.91 Å². The summed E-state index contributed by atoms with van der Waals surface area (Å²) >= 11 is 0. The van der Waals surface area contributed by atoms with E-state index in [0.717, 1.165) is 25.8 Å². The Morgan fingerprint density at radius 3 is 2.69 bits per heavy atom. The second-order valence-electron chi connectivity index (χ2n) is 5.40. The molecule has 0 aromatic rings. The predicted octanol–water partition coefficient (Wildman–Crippen LogP) is 0.494. The molecule has 1 saturated carbocycles. The zero-order chi connectivity index (χ0) is 11.7. The summed E-state index contributed by atoms with van der Waals surface area (Å²) in [5.74, 6) is 0.665. The van der Waals surface area contributed by atoms with Gasteiger partial charge in [-0.2, -0.15) is 0 Å². The highest BCUT2D eigenvalue weighted by Gasteiger charge is 2.33. The molecule has 0 spiro atoms. The summed E-state index contributed by atoms with van der Waals surface area (Å²) in [5, 5.41) is 3.28. The van der Waals surface area contributed by atoms with Gasteiger partial charge in [-0.25, -0.2) is 0 Å². The molecular weight excluding hydrogens is 202 g/mol. The van der Waals surface area contributed by atoms with Gasteiger partial charge in [0.25, 0.3) is 0 Å². The Kier molecular flexibility index (Phi) is 3.50. The number of hydrogen-bond acceptors (Lipinski definition) is 3. The van der Waals surface area contributed by atoms with E-state index in [1.807, 2.05) is 4.90 Å². The van der Waals surface area contributed by atoms with Gasteiger partial charge in [-0.1, -0.05) is 13.8 Å².